The number of hydrogen-bond acceptors (Lipinski definition) is 10. The molecule has 1 aliphatic carbocycles. The van der Waals surface area contributed by atoms with E-state index in [0.29, 0.717) is 80.0 Å². The Hall–Kier alpha value is -6.06. The van der Waals surface area contributed by atoms with Crippen LogP contribution in [0.1, 0.15) is 104 Å². The Bertz CT molecular complexity index is 2630. The Morgan fingerprint density at radius 3 is 2.38 bits per heavy atom. The molecule has 3 aromatic carbocycles. The van der Waals surface area contributed by atoms with E-state index in [1.807, 2.05) is 50.2 Å². The summed E-state index contributed by atoms with van der Waals surface area (Å²) >= 11 is 0. The van der Waals surface area contributed by atoms with Crippen molar-refractivity contribution in [3.8, 4) is 17.0 Å². The van der Waals surface area contributed by atoms with Crippen LogP contribution in [0.3, 0.4) is 0 Å². The van der Waals surface area contributed by atoms with Crippen molar-refractivity contribution in [2.45, 2.75) is 102 Å². The zero-order valence-electron chi connectivity index (χ0n) is 37.4. The molecule has 5 aromatic rings. The number of imide groups is 1. The van der Waals surface area contributed by atoms with Crippen LogP contribution in [-0.2, 0) is 9.53 Å². The summed E-state index contributed by atoms with van der Waals surface area (Å²) in [4.78, 5) is 46.3. The van der Waals surface area contributed by atoms with Gasteiger partial charge in [-0.05, 0) is 112 Å². The van der Waals surface area contributed by atoms with E-state index in [1.165, 1.54) is 16.5 Å². The number of hydrogen-bond donors (Lipinski definition) is 3. The minimum atomic E-state index is -1.36. The number of piperidine rings is 2. The third-order valence-corrected chi connectivity index (χ3v) is 14.7. The number of morpholine rings is 1. The van der Waals surface area contributed by atoms with Crippen molar-refractivity contribution in [3.05, 3.63) is 95.2 Å². The molecule has 14 nitrogen and oxygen atoms in total. The predicted octanol–water partition coefficient (Wildman–Crippen LogP) is 7.65. The summed E-state index contributed by atoms with van der Waals surface area (Å²) in [5, 5.41) is 22.6. The number of nitrogens with zero attached hydrogens (tertiary/aromatic N) is 7. The molecule has 6 heterocycles. The number of likely N-dealkylation sites (tertiary alicyclic amines) is 2. The number of nitrogens with one attached hydrogen (secondary N) is 1. The van der Waals surface area contributed by atoms with Gasteiger partial charge in [0.2, 0.25) is 5.91 Å². The van der Waals surface area contributed by atoms with Crippen molar-refractivity contribution in [2.75, 3.05) is 61.3 Å². The van der Waals surface area contributed by atoms with Crippen LogP contribution in [0.25, 0.3) is 22.2 Å². The number of fused-ring (bicyclic) bond motifs is 1. The predicted molar refractivity (Wildman–Crippen MR) is 248 cm³/mol. The first-order valence-electron chi connectivity index (χ1n) is 23.2. The highest BCUT2D eigenvalue weighted by Gasteiger charge is 2.40. The van der Waals surface area contributed by atoms with E-state index in [-0.39, 0.29) is 54.1 Å². The smallest absolute Gasteiger partial charge is 0.328 e. The zero-order chi connectivity index (χ0) is 45.1. The molecule has 5 fully saturated rings. The lowest BCUT2D eigenvalue weighted by Crippen LogP contribution is -2.51. The third-order valence-electron chi connectivity index (χ3n) is 14.7. The molecule has 15 heteroatoms. The number of ether oxygens (including phenoxy) is 1. The standard InChI is InChI=1S/C50H58FN9O5/c1-30-24-42-38(25-41(30)58-21-16-46(62)53-49(58)64)39(33-8-9-33)27-60(42)36-14-19-56(20-15-36)29-50(51)17-22-57(23-18-50)48(63)35-12-10-34(11-13-35)45-28-59(31(2)32(3)65-45)43-26-40(54-55-47(43)52)37-6-4-5-7-44(37)61/h4-7,10-13,24-27,31-33,36,45,61H,8-9,14-23,28-29H2,1-3H3,(H2,52,55)(H,53,62,64)/t31-,32+,45+/m0/s1. The van der Waals surface area contributed by atoms with Crippen molar-refractivity contribution in [1.29, 1.82) is 0 Å². The van der Waals surface area contributed by atoms with Gasteiger partial charge in [-0.3, -0.25) is 19.8 Å². The number of anilines is 3. The number of urea groups is 1. The van der Waals surface area contributed by atoms with Crippen molar-refractivity contribution in [2.24, 2.45) is 0 Å². The Labute approximate surface area is 378 Å². The van der Waals surface area contributed by atoms with Crippen LogP contribution >= 0.6 is 0 Å². The highest BCUT2D eigenvalue weighted by molar-refractivity contribution is 6.07. The fourth-order valence-electron chi connectivity index (χ4n) is 10.5. The van der Waals surface area contributed by atoms with Crippen molar-refractivity contribution in [3.63, 3.8) is 0 Å². The number of nitrogens with two attached hydrogens (primary N) is 1. The lowest BCUT2D eigenvalue weighted by molar-refractivity contribution is -0.120. The van der Waals surface area contributed by atoms with E-state index in [4.69, 9.17) is 10.5 Å². The van der Waals surface area contributed by atoms with Gasteiger partial charge in [0, 0.05) is 105 Å². The van der Waals surface area contributed by atoms with Crippen LogP contribution in [0.4, 0.5) is 26.4 Å². The van der Waals surface area contributed by atoms with Gasteiger partial charge in [0.05, 0.1) is 23.5 Å². The number of para-hydroxylation sites is 1. The molecular formula is C50H58FN9O5. The lowest BCUT2D eigenvalue weighted by atomic mass is 9.91. The maximum atomic E-state index is 16.6. The summed E-state index contributed by atoms with van der Waals surface area (Å²) in [5.74, 6) is 0.590. The molecule has 0 bridgehead atoms. The second-order valence-corrected chi connectivity index (χ2v) is 19.0. The van der Waals surface area contributed by atoms with Gasteiger partial charge in [0.25, 0.3) is 5.91 Å². The Balaban J connectivity index is 0.746. The van der Waals surface area contributed by atoms with E-state index < -0.39 is 5.67 Å². The van der Waals surface area contributed by atoms with Crippen LogP contribution in [0.15, 0.2) is 72.9 Å². The summed E-state index contributed by atoms with van der Waals surface area (Å²) in [7, 11) is 0. The van der Waals surface area contributed by atoms with Crippen LogP contribution in [0.5, 0.6) is 5.75 Å². The number of rotatable bonds is 9. The molecule has 3 atom stereocenters. The first kappa shape index (κ1) is 42.9. The molecule has 65 heavy (non-hydrogen) atoms. The molecule has 0 spiro atoms. The topological polar surface area (TPSA) is 162 Å². The van der Waals surface area contributed by atoms with Gasteiger partial charge in [-0.15, -0.1) is 10.2 Å². The summed E-state index contributed by atoms with van der Waals surface area (Å²) in [6.45, 7) is 9.70. The number of benzene rings is 3. The number of carbonyl (C=O) groups excluding carboxylic acids is 3. The number of aromatic hydroxyl groups is 1. The molecule has 5 aliphatic rings. The van der Waals surface area contributed by atoms with Gasteiger partial charge < -0.3 is 34.8 Å². The van der Waals surface area contributed by atoms with Crippen LogP contribution in [0.2, 0.25) is 0 Å². The minimum absolute atomic E-state index is 0.0245. The molecular weight excluding hydrogens is 826 g/mol. The number of aryl methyl sites for hydroxylation is 1. The molecule has 4 saturated heterocycles. The number of carbonyl (C=O) groups is 3. The van der Waals surface area contributed by atoms with Crippen LogP contribution in [-0.4, -0.2) is 111 Å². The number of phenolic OH excluding ortho intramolecular Hbond substituents is 1. The summed E-state index contributed by atoms with van der Waals surface area (Å²) in [5.41, 5.74) is 12.7. The number of aromatic nitrogens is 3. The molecule has 0 unspecified atom stereocenters. The fraction of sp³-hybridized carbons (Fsp3) is 0.460. The van der Waals surface area contributed by atoms with Gasteiger partial charge in [0.1, 0.15) is 17.5 Å². The van der Waals surface area contributed by atoms with E-state index in [0.717, 1.165) is 55.6 Å². The summed E-state index contributed by atoms with van der Waals surface area (Å²) in [6.07, 6.45) is 6.92. The number of phenols is 1. The average molecular weight is 884 g/mol. The molecule has 4 amide bonds. The Morgan fingerprint density at radius 1 is 0.938 bits per heavy atom. The first-order valence-corrected chi connectivity index (χ1v) is 23.2. The van der Waals surface area contributed by atoms with Gasteiger partial charge in [-0.1, -0.05) is 24.3 Å². The van der Waals surface area contributed by atoms with Gasteiger partial charge in [0.15, 0.2) is 5.82 Å². The van der Waals surface area contributed by atoms with Crippen molar-refractivity contribution >= 4 is 45.9 Å². The van der Waals surface area contributed by atoms with Gasteiger partial charge >= 0.3 is 6.03 Å². The minimum Gasteiger partial charge on any atom is -0.507 e. The maximum Gasteiger partial charge on any atom is 0.328 e. The van der Waals surface area contributed by atoms with Crippen molar-refractivity contribution in [1.82, 2.24) is 29.9 Å². The third kappa shape index (κ3) is 8.40. The number of halogens is 1. The van der Waals surface area contributed by atoms with Gasteiger partial charge in [-0.2, -0.15) is 0 Å². The Morgan fingerprint density at radius 2 is 1.68 bits per heavy atom. The molecule has 10 rings (SSSR count). The largest absolute Gasteiger partial charge is 0.507 e. The summed E-state index contributed by atoms with van der Waals surface area (Å²) in [6, 6.07) is 20.7. The number of amides is 4. The number of nitrogen functional groups attached to an aromatic ring is 1. The summed E-state index contributed by atoms with van der Waals surface area (Å²) < 4.78 is 25.5. The molecule has 1 saturated carbocycles. The molecule has 4 aliphatic heterocycles. The SMILES string of the molecule is Cc1cc2c(cc1N1CCC(=O)NC1=O)c(C1CC1)cn2C1CCN(CC2(F)CCN(C(=O)c3ccc([C@H]4CN(c5cc(-c6ccccc6O)nnc5N)[C@@H](C)[C@@H](C)O4)cc3)CC2)CC1. The first-order chi connectivity index (χ1) is 31.3. The Kier molecular flexibility index (Phi) is 11.2. The fourth-order valence-corrected chi connectivity index (χ4v) is 10.5. The molecule has 340 valence electrons. The van der Waals surface area contributed by atoms with E-state index in [9.17, 15) is 19.5 Å². The average Bonchev–Trinajstić information content (AvgIpc) is 4.08. The van der Waals surface area contributed by atoms with E-state index in [1.54, 1.807) is 28.0 Å². The second-order valence-electron chi connectivity index (χ2n) is 19.0. The quantitative estimate of drug-likeness (QED) is 0.134. The molecule has 4 N–H and O–H groups in total. The monoisotopic (exact) mass is 883 g/mol. The number of alkyl halides is 1. The van der Waals surface area contributed by atoms with Crippen LogP contribution in [0, 0.1) is 6.92 Å². The normalized spacial score (nSPS) is 23.3. The second kappa shape index (κ2) is 17.1. The lowest BCUT2D eigenvalue weighted by Gasteiger charge is -2.44. The zero-order valence-corrected chi connectivity index (χ0v) is 37.4. The van der Waals surface area contributed by atoms with Crippen LogP contribution < -0.4 is 20.9 Å². The highest BCUT2D eigenvalue weighted by Crippen LogP contribution is 2.47. The highest BCUT2D eigenvalue weighted by atomic mass is 19.1. The molecule has 2 aromatic heterocycles. The molecule has 0 radical (unpaired) electrons. The maximum absolute atomic E-state index is 16.6. The van der Waals surface area contributed by atoms with Gasteiger partial charge in [-0.25, -0.2) is 9.18 Å². The van der Waals surface area contributed by atoms with E-state index >= 15 is 4.39 Å². The van der Waals surface area contributed by atoms with Crippen molar-refractivity contribution < 1.29 is 28.6 Å². The van der Waals surface area contributed by atoms with E-state index in [2.05, 4.69) is 55.1 Å².